The van der Waals surface area contributed by atoms with Gasteiger partial charge in [0.25, 0.3) is 0 Å². The van der Waals surface area contributed by atoms with E-state index in [1.165, 1.54) is 12.1 Å². The van der Waals surface area contributed by atoms with E-state index in [4.69, 9.17) is 4.99 Å². The molecule has 2 atom stereocenters. The van der Waals surface area contributed by atoms with E-state index in [1.54, 1.807) is 12.1 Å². The number of rotatable bonds is 4. The van der Waals surface area contributed by atoms with Crippen LogP contribution in [0.1, 0.15) is 75.2 Å². The Hall–Kier alpha value is -2.80. The zero-order valence-corrected chi connectivity index (χ0v) is 20.9. The first-order valence-corrected chi connectivity index (χ1v) is 12.7. The van der Waals surface area contributed by atoms with Crippen LogP contribution in [-0.2, 0) is 6.18 Å². The largest absolute Gasteiger partial charge is 0.416 e. The number of benzene rings is 2. The Kier molecular flexibility index (Phi) is 6.42. The van der Waals surface area contributed by atoms with Crippen LogP contribution in [0, 0.1) is 17.2 Å². The molecule has 0 radical (unpaired) electrons. The second kappa shape index (κ2) is 9.19. The number of hydrogen-bond donors (Lipinski definition) is 1. The van der Waals surface area contributed by atoms with Crippen molar-refractivity contribution in [3.8, 4) is 0 Å². The minimum atomic E-state index is -4.53. The van der Waals surface area contributed by atoms with E-state index in [0.29, 0.717) is 35.3 Å². The maximum Gasteiger partial charge on any atom is 0.416 e. The van der Waals surface area contributed by atoms with E-state index in [1.807, 2.05) is 19.9 Å². The van der Waals surface area contributed by atoms with Gasteiger partial charge in [-0.1, -0.05) is 57.0 Å². The molecule has 2 aromatic carbocycles. The minimum Gasteiger partial charge on any atom is -0.365 e. The zero-order valence-electron chi connectivity index (χ0n) is 20.9. The van der Waals surface area contributed by atoms with Crippen molar-refractivity contribution >= 4 is 11.3 Å². The van der Waals surface area contributed by atoms with Crippen LogP contribution in [0.25, 0.3) is 5.57 Å². The van der Waals surface area contributed by atoms with Gasteiger partial charge in [-0.3, -0.25) is 4.99 Å². The minimum absolute atomic E-state index is 0.0752. The van der Waals surface area contributed by atoms with Gasteiger partial charge in [0, 0.05) is 29.2 Å². The SMILES string of the molecule is CC1(C)CC=C2C(c3ccc(F)cc3)=C(C(F)c3ccc(C(F)(F)F)cc3)C(C3CCCC3)=NC2(O)C1. The van der Waals surface area contributed by atoms with Gasteiger partial charge in [0.1, 0.15) is 5.82 Å². The monoisotopic (exact) mass is 515 g/mol. The van der Waals surface area contributed by atoms with Gasteiger partial charge in [-0.2, -0.15) is 13.2 Å². The third-order valence-electron chi connectivity index (χ3n) is 7.79. The van der Waals surface area contributed by atoms with E-state index >= 15 is 4.39 Å². The highest BCUT2D eigenvalue weighted by molar-refractivity contribution is 6.13. The van der Waals surface area contributed by atoms with Crippen LogP contribution >= 0.6 is 0 Å². The Balaban J connectivity index is 1.74. The topological polar surface area (TPSA) is 32.6 Å². The Bertz CT molecular complexity index is 1260. The smallest absolute Gasteiger partial charge is 0.365 e. The Morgan fingerprint density at radius 3 is 2.19 bits per heavy atom. The molecule has 1 aliphatic heterocycles. The lowest BCUT2D eigenvalue weighted by Gasteiger charge is -2.44. The molecule has 0 aromatic heterocycles. The Morgan fingerprint density at radius 2 is 1.59 bits per heavy atom. The van der Waals surface area contributed by atoms with Gasteiger partial charge in [-0.25, -0.2) is 8.78 Å². The molecular weight excluding hydrogens is 485 g/mol. The average Bonchev–Trinajstić information content (AvgIpc) is 3.36. The van der Waals surface area contributed by atoms with Crippen molar-refractivity contribution in [1.29, 1.82) is 0 Å². The maximum atomic E-state index is 16.6. The number of hydrogen-bond acceptors (Lipinski definition) is 2. The molecule has 2 aliphatic carbocycles. The van der Waals surface area contributed by atoms with Gasteiger partial charge < -0.3 is 5.11 Å². The molecule has 2 unspecified atom stereocenters. The molecule has 0 saturated heterocycles. The first kappa shape index (κ1) is 25.8. The fourth-order valence-corrected chi connectivity index (χ4v) is 6.01. The fraction of sp³-hybridized carbons (Fsp3) is 0.433. The summed E-state index contributed by atoms with van der Waals surface area (Å²) in [5.41, 5.74) is -0.363. The highest BCUT2D eigenvalue weighted by Gasteiger charge is 2.48. The van der Waals surface area contributed by atoms with Gasteiger partial charge >= 0.3 is 6.18 Å². The summed E-state index contributed by atoms with van der Waals surface area (Å²) in [5, 5.41) is 11.9. The van der Waals surface area contributed by atoms with E-state index in [9.17, 15) is 22.7 Å². The van der Waals surface area contributed by atoms with Crippen molar-refractivity contribution in [2.75, 3.05) is 0 Å². The van der Waals surface area contributed by atoms with Crippen LogP contribution in [0.3, 0.4) is 0 Å². The summed E-state index contributed by atoms with van der Waals surface area (Å²) < 4.78 is 70.0. The molecule has 7 heteroatoms. The van der Waals surface area contributed by atoms with Crippen LogP contribution in [0.4, 0.5) is 22.0 Å². The Labute approximate surface area is 213 Å². The number of fused-ring (bicyclic) bond motifs is 1. The van der Waals surface area contributed by atoms with Crippen LogP contribution < -0.4 is 0 Å². The average molecular weight is 516 g/mol. The van der Waals surface area contributed by atoms with Gasteiger partial charge in [-0.15, -0.1) is 0 Å². The normalized spacial score (nSPS) is 25.0. The number of halogens is 5. The molecule has 2 aromatic rings. The van der Waals surface area contributed by atoms with E-state index in [2.05, 4.69) is 0 Å². The molecule has 196 valence electrons. The number of nitrogens with zero attached hydrogens (tertiary/aromatic N) is 1. The summed E-state index contributed by atoms with van der Waals surface area (Å²) in [4.78, 5) is 4.84. The fourth-order valence-electron chi connectivity index (χ4n) is 6.01. The van der Waals surface area contributed by atoms with E-state index in [-0.39, 0.29) is 22.5 Å². The van der Waals surface area contributed by atoms with Crippen molar-refractivity contribution in [3.63, 3.8) is 0 Å². The lowest BCUT2D eigenvalue weighted by atomic mass is 9.67. The maximum absolute atomic E-state index is 16.6. The van der Waals surface area contributed by atoms with Crippen molar-refractivity contribution < 1.29 is 27.1 Å². The first-order valence-electron chi connectivity index (χ1n) is 12.7. The number of aliphatic imine (C=N–C) groups is 1. The first-order chi connectivity index (χ1) is 17.4. The molecule has 2 nitrogen and oxygen atoms in total. The molecule has 37 heavy (non-hydrogen) atoms. The second-order valence-electron chi connectivity index (χ2n) is 11.2. The van der Waals surface area contributed by atoms with Gasteiger partial charge in [0.05, 0.1) is 5.56 Å². The number of allylic oxidation sites excluding steroid dienone is 2. The van der Waals surface area contributed by atoms with Crippen molar-refractivity contribution in [2.24, 2.45) is 16.3 Å². The van der Waals surface area contributed by atoms with Crippen LogP contribution in [-0.4, -0.2) is 16.5 Å². The summed E-state index contributed by atoms with van der Waals surface area (Å²) in [6.45, 7) is 4.08. The molecule has 0 amide bonds. The third-order valence-corrected chi connectivity index (χ3v) is 7.79. The van der Waals surface area contributed by atoms with E-state index in [0.717, 1.165) is 49.9 Å². The third kappa shape index (κ3) is 4.90. The highest BCUT2D eigenvalue weighted by Crippen LogP contribution is 2.53. The Morgan fingerprint density at radius 1 is 0.973 bits per heavy atom. The summed E-state index contributed by atoms with van der Waals surface area (Å²) in [7, 11) is 0. The van der Waals surface area contributed by atoms with Crippen LogP contribution in [0.15, 0.2) is 70.7 Å². The lowest BCUT2D eigenvalue weighted by Crippen LogP contribution is -2.43. The molecule has 1 fully saturated rings. The predicted octanol–water partition coefficient (Wildman–Crippen LogP) is 8.39. The number of alkyl halides is 4. The summed E-state index contributed by atoms with van der Waals surface area (Å²) in [6, 6.07) is 9.78. The predicted molar refractivity (Wildman–Crippen MR) is 134 cm³/mol. The van der Waals surface area contributed by atoms with Crippen molar-refractivity contribution in [3.05, 3.63) is 88.3 Å². The van der Waals surface area contributed by atoms with Gasteiger partial charge in [0.2, 0.25) is 0 Å². The van der Waals surface area contributed by atoms with Crippen molar-refractivity contribution in [2.45, 2.75) is 70.4 Å². The van der Waals surface area contributed by atoms with Crippen LogP contribution in [0.5, 0.6) is 0 Å². The number of aliphatic hydroxyl groups is 1. The van der Waals surface area contributed by atoms with Gasteiger partial charge in [-0.05, 0) is 65.6 Å². The quantitative estimate of drug-likeness (QED) is 0.408. The molecular formula is C30H30F5NO. The zero-order chi connectivity index (χ0) is 26.6. The van der Waals surface area contributed by atoms with Crippen LogP contribution in [0.2, 0.25) is 0 Å². The highest BCUT2D eigenvalue weighted by atomic mass is 19.4. The molecule has 0 bridgehead atoms. The lowest BCUT2D eigenvalue weighted by molar-refractivity contribution is -0.137. The summed E-state index contributed by atoms with van der Waals surface area (Å²) in [6.07, 6.45) is 0.0399. The molecule has 3 aliphatic rings. The molecule has 1 saturated carbocycles. The summed E-state index contributed by atoms with van der Waals surface area (Å²) in [5.74, 6) is -0.520. The standard InChI is InChI=1S/C30H30F5NO/c1-28(2)16-15-23-24(18-9-13-22(31)14-10-18)25(26(32)19-7-11-21(12-8-19)30(33,34)35)27(20-5-3-4-6-20)36-29(23,37)17-28/h7-15,20,26,37H,3-6,16-17H2,1-2H3. The van der Waals surface area contributed by atoms with Crippen molar-refractivity contribution in [1.82, 2.24) is 0 Å². The van der Waals surface area contributed by atoms with Gasteiger partial charge in [0.15, 0.2) is 11.9 Å². The summed E-state index contributed by atoms with van der Waals surface area (Å²) >= 11 is 0. The molecule has 1 heterocycles. The molecule has 5 rings (SSSR count). The molecule has 1 N–H and O–H groups in total. The number of dihydropyridines is 1. The second-order valence-corrected chi connectivity index (χ2v) is 11.2. The van der Waals surface area contributed by atoms with E-state index < -0.39 is 29.5 Å². The molecule has 0 spiro atoms.